The number of phenols is 2. The van der Waals surface area contributed by atoms with Crippen LogP contribution in [0.15, 0.2) is 18.2 Å². The molecule has 1 aromatic rings. The van der Waals surface area contributed by atoms with Gasteiger partial charge in [0.1, 0.15) is 18.1 Å². The van der Waals surface area contributed by atoms with Crippen molar-refractivity contribution in [2.75, 3.05) is 11.9 Å². The van der Waals surface area contributed by atoms with Crippen LogP contribution in [0.25, 0.3) is 0 Å². The number of nitrogens with one attached hydrogen (secondary N) is 1. The van der Waals surface area contributed by atoms with Crippen LogP contribution in [0.3, 0.4) is 0 Å². The van der Waals surface area contributed by atoms with Crippen molar-refractivity contribution in [2.45, 2.75) is 0 Å². The lowest BCUT2D eigenvalue weighted by Gasteiger charge is -2.05. The summed E-state index contributed by atoms with van der Waals surface area (Å²) in [6.07, 6.45) is 0. The average molecular weight is 183 g/mol. The molecule has 0 spiro atoms. The number of anilines is 1. The number of carbonyl (C=O) groups excluding carboxylic acids is 1. The third-order valence-electron chi connectivity index (χ3n) is 1.40. The van der Waals surface area contributed by atoms with Crippen LogP contribution in [0.2, 0.25) is 0 Å². The first-order chi connectivity index (χ1) is 6.13. The molecule has 0 bridgehead atoms. The number of hydrogen-bond acceptors (Lipinski definition) is 4. The molecule has 0 aliphatic heterocycles. The fraction of sp³-hybridized carbons (Fsp3) is 0.125. The van der Waals surface area contributed by atoms with E-state index in [1.54, 1.807) is 0 Å². The van der Waals surface area contributed by atoms with E-state index >= 15 is 0 Å². The average Bonchev–Trinajstić information content (AvgIpc) is 2.11. The fourth-order valence-electron chi connectivity index (χ4n) is 0.814. The Morgan fingerprint density at radius 3 is 2.69 bits per heavy atom. The van der Waals surface area contributed by atoms with E-state index in [1.165, 1.54) is 18.2 Å². The number of aliphatic hydroxyl groups excluding tert-OH is 1. The van der Waals surface area contributed by atoms with Crippen molar-refractivity contribution < 1.29 is 20.1 Å². The molecule has 0 aliphatic rings. The van der Waals surface area contributed by atoms with Gasteiger partial charge in [-0.3, -0.25) is 4.79 Å². The van der Waals surface area contributed by atoms with E-state index in [4.69, 9.17) is 10.2 Å². The highest BCUT2D eigenvalue weighted by atomic mass is 16.3. The minimum Gasteiger partial charge on any atom is -0.508 e. The van der Waals surface area contributed by atoms with Crippen LogP contribution in [-0.4, -0.2) is 27.8 Å². The van der Waals surface area contributed by atoms with Crippen molar-refractivity contribution >= 4 is 11.6 Å². The van der Waals surface area contributed by atoms with Crippen LogP contribution in [-0.2, 0) is 4.79 Å². The Hall–Kier alpha value is -1.75. The Bertz CT molecular complexity index is 324. The van der Waals surface area contributed by atoms with E-state index < -0.39 is 12.5 Å². The number of benzene rings is 1. The number of amides is 1. The number of phenolic OH excluding ortho intramolecular Hbond substituents is 2. The van der Waals surface area contributed by atoms with Gasteiger partial charge in [-0.05, 0) is 12.1 Å². The highest BCUT2D eigenvalue weighted by Gasteiger charge is 2.05. The smallest absolute Gasteiger partial charge is 0.250 e. The van der Waals surface area contributed by atoms with Crippen molar-refractivity contribution in [2.24, 2.45) is 0 Å². The standard InChI is InChI=1S/C8H9NO4/c10-4-8(13)9-6-3-5(11)1-2-7(6)12/h1-3,10-12H,4H2,(H,9,13). The summed E-state index contributed by atoms with van der Waals surface area (Å²) in [4.78, 5) is 10.7. The summed E-state index contributed by atoms with van der Waals surface area (Å²) in [5, 5.41) is 28.8. The highest BCUT2D eigenvalue weighted by Crippen LogP contribution is 2.26. The first-order valence-electron chi connectivity index (χ1n) is 3.56. The van der Waals surface area contributed by atoms with E-state index in [0.717, 1.165) is 0 Å². The van der Waals surface area contributed by atoms with Crippen LogP contribution in [0.4, 0.5) is 5.69 Å². The second kappa shape index (κ2) is 3.77. The molecule has 0 aromatic heterocycles. The molecule has 0 heterocycles. The van der Waals surface area contributed by atoms with Gasteiger partial charge in [-0.15, -0.1) is 0 Å². The third kappa shape index (κ3) is 2.34. The van der Waals surface area contributed by atoms with E-state index in [2.05, 4.69) is 5.32 Å². The fourth-order valence-corrected chi connectivity index (χ4v) is 0.814. The zero-order valence-corrected chi connectivity index (χ0v) is 6.69. The summed E-state index contributed by atoms with van der Waals surface area (Å²) in [6.45, 7) is -0.672. The molecular formula is C8H9NO4. The van der Waals surface area contributed by atoms with Crippen LogP contribution < -0.4 is 5.32 Å². The largest absolute Gasteiger partial charge is 0.508 e. The molecular weight excluding hydrogens is 174 g/mol. The van der Waals surface area contributed by atoms with E-state index in [-0.39, 0.29) is 17.2 Å². The first-order valence-corrected chi connectivity index (χ1v) is 3.56. The molecule has 1 amide bonds. The van der Waals surface area contributed by atoms with Crippen molar-refractivity contribution in [1.29, 1.82) is 0 Å². The van der Waals surface area contributed by atoms with Gasteiger partial charge in [0.25, 0.3) is 0 Å². The van der Waals surface area contributed by atoms with Crippen LogP contribution >= 0.6 is 0 Å². The number of aromatic hydroxyl groups is 2. The quantitative estimate of drug-likeness (QED) is 0.384. The Kier molecular flexibility index (Phi) is 2.71. The van der Waals surface area contributed by atoms with Gasteiger partial charge in [0.2, 0.25) is 5.91 Å². The number of carbonyl (C=O) groups is 1. The number of hydrogen-bond donors (Lipinski definition) is 4. The molecule has 0 atom stereocenters. The van der Waals surface area contributed by atoms with E-state index in [1.807, 2.05) is 0 Å². The van der Waals surface area contributed by atoms with Gasteiger partial charge in [-0.25, -0.2) is 0 Å². The van der Waals surface area contributed by atoms with Crippen LogP contribution in [0.1, 0.15) is 0 Å². The number of rotatable bonds is 2. The topological polar surface area (TPSA) is 89.8 Å². The van der Waals surface area contributed by atoms with Crippen molar-refractivity contribution in [3.05, 3.63) is 18.2 Å². The van der Waals surface area contributed by atoms with Gasteiger partial charge < -0.3 is 20.6 Å². The Morgan fingerprint density at radius 1 is 1.38 bits per heavy atom. The minimum absolute atomic E-state index is 0.0686. The van der Waals surface area contributed by atoms with Gasteiger partial charge in [-0.2, -0.15) is 0 Å². The van der Waals surface area contributed by atoms with Crippen molar-refractivity contribution in [3.8, 4) is 11.5 Å². The van der Waals surface area contributed by atoms with Crippen LogP contribution in [0.5, 0.6) is 11.5 Å². The molecule has 5 nitrogen and oxygen atoms in total. The Labute approximate surface area is 74.3 Å². The summed E-state index contributed by atoms with van der Waals surface area (Å²) in [6, 6.07) is 3.70. The van der Waals surface area contributed by atoms with Gasteiger partial charge >= 0.3 is 0 Å². The normalized spacial score (nSPS) is 9.62. The number of aliphatic hydroxyl groups is 1. The van der Waals surface area contributed by atoms with Crippen molar-refractivity contribution in [3.63, 3.8) is 0 Å². The molecule has 0 saturated heterocycles. The summed E-state index contributed by atoms with van der Waals surface area (Å²) in [7, 11) is 0. The lowest BCUT2D eigenvalue weighted by molar-refractivity contribution is -0.118. The zero-order valence-electron chi connectivity index (χ0n) is 6.69. The molecule has 1 rings (SSSR count). The second-order valence-electron chi connectivity index (χ2n) is 2.41. The maximum absolute atomic E-state index is 10.7. The Balaban J connectivity index is 2.87. The molecule has 0 aliphatic carbocycles. The predicted molar refractivity (Wildman–Crippen MR) is 45.5 cm³/mol. The molecule has 0 saturated carbocycles. The summed E-state index contributed by atoms with van der Waals surface area (Å²) in [5.41, 5.74) is 0.0686. The van der Waals surface area contributed by atoms with Gasteiger partial charge in [0.15, 0.2) is 0 Å². The molecule has 13 heavy (non-hydrogen) atoms. The predicted octanol–water partition coefficient (Wildman–Crippen LogP) is 0.0286. The summed E-state index contributed by atoms with van der Waals surface area (Å²) < 4.78 is 0. The molecule has 70 valence electrons. The molecule has 0 radical (unpaired) electrons. The monoisotopic (exact) mass is 183 g/mol. The van der Waals surface area contributed by atoms with Gasteiger partial charge in [-0.1, -0.05) is 0 Å². The SMILES string of the molecule is O=C(CO)Nc1cc(O)ccc1O. The summed E-state index contributed by atoms with van der Waals surface area (Å²) >= 11 is 0. The first kappa shape index (κ1) is 9.34. The molecule has 5 heteroatoms. The zero-order chi connectivity index (χ0) is 9.84. The van der Waals surface area contributed by atoms with E-state index in [0.29, 0.717) is 0 Å². The molecule has 0 unspecified atom stereocenters. The third-order valence-corrected chi connectivity index (χ3v) is 1.40. The Morgan fingerprint density at radius 2 is 2.08 bits per heavy atom. The van der Waals surface area contributed by atoms with Gasteiger partial charge in [0.05, 0.1) is 5.69 Å². The molecule has 4 N–H and O–H groups in total. The lowest BCUT2D eigenvalue weighted by atomic mass is 10.2. The summed E-state index contributed by atoms with van der Waals surface area (Å²) in [5.74, 6) is -0.897. The molecule has 1 aromatic carbocycles. The maximum atomic E-state index is 10.7. The lowest BCUT2D eigenvalue weighted by Crippen LogP contribution is -2.15. The van der Waals surface area contributed by atoms with E-state index in [9.17, 15) is 9.90 Å². The second-order valence-corrected chi connectivity index (χ2v) is 2.41. The van der Waals surface area contributed by atoms with Crippen molar-refractivity contribution in [1.82, 2.24) is 0 Å². The minimum atomic E-state index is -0.672. The molecule has 0 fully saturated rings. The van der Waals surface area contributed by atoms with Crippen LogP contribution in [0, 0.1) is 0 Å². The highest BCUT2D eigenvalue weighted by molar-refractivity contribution is 5.93. The maximum Gasteiger partial charge on any atom is 0.250 e. The van der Waals surface area contributed by atoms with Gasteiger partial charge in [0, 0.05) is 6.07 Å².